The third-order valence-electron chi connectivity index (χ3n) is 7.99. The molecule has 0 unspecified atom stereocenters. The number of ketones is 1. The number of nitrogens with zero attached hydrogens (tertiary/aromatic N) is 2. The Morgan fingerprint density at radius 2 is 1.76 bits per heavy atom. The van der Waals surface area contributed by atoms with E-state index in [1.807, 2.05) is 0 Å². The molecule has 12 heteroatoms. The van der Waals surface area contributed by atoms with Gasteiger partial charge >= 0.3 is 5.69 Å². The molecule has 4 aromatic rings. The largest absolute Gasteiger partial charge is 0.496 e. The van der Waals surface area contributed by atoms with Crippen LogP contribution in [0.4, 0.5) is 14.5 Å². The average Bonchev–Trinajstić information content (AvgIpc) is 3.44. The van der Waals surface area contributed by atoms with E-state index in [0.29, 0.717) is 24.9 Å². The molecule has 1 heterocycles. The van der Waals surface area contributed by atoms with Gasteiger partial charge in [-0.2, -0.15) is 0 Å². The molecule has 1 atom stereocenters. The van der Waals surface area contributed by atoms with E-state index in [9.17, 15) is 19.2 Å². The van der Waals surface area contributed by atoms with Crippen LogP contribution in [0.25, 0.3) is 22.3 Å². The summed E-state index contributed by atoms with van der Waals surface area (Å²) in [6, 6.07) is 12.1. The van der Waals surface area contributed by atoms with Gasteiger partial charge in [-0.05, 0) is 42.6 Å². The zero-order valence-electron chi connectivity index (χ0n) is 24.9. The Kier molecular flexibility index (Phi) is 9.31. The number of anilines is 1. The highest BCUT2D eigenvalue weighted by Crippen LogP contribution is 2.39. The van der Waals surface area contributed by atoms with Crippen LogP contribution in [-0.2, 0) is 25.4 Å². The number of rotatable bonds is 9. The Morgan fingerprint density at radius 3 is 2.47 bits per heavy atom. The first kappa shape index (κ1) is 31.8. The van der Waals surface area contributed by atoms with Crippen LogP contribution in [0.2, 0.25) is 5.02 Å². The van der Waals surface area contributed by atoms with E-state index < -0.39 is 28.8 Å². The minimum atomic E-state index is -0.798. The first-order chi connectivity index (χ1) is 21.5. The van der Waals surface area contributed by atoms with Crippen LogP contribution in [0.1, 0.15) is 35.2 Å². The lowest BCUT2D eigenvalue weighted by Crippen LogP contribution is -2.40. The molecular weight excluding hydrogens is 606 g/mol. The molecule has 234 valence electrons. The molecule has 0 saturated heterocycles. The van der Waals surface area contributed by atoms with Crippen LogP contribution in [-0.4, -0.2) is 34.5 Å². The quantitative estimate of drug-likeness (QED) is 0.265. The number of aryl methyl sites for hydroxylation is 1. The smallest absolute Gasteiger partial charge is 0.330 e. The van der Waals surface area contributed by atoms with E-state index >= 15 is 8.78 Å². The van der Waals surface area contributed by atoms with E-state index in [-0.39, 0.29) is 62.5 Å². The van der Waals surface area contributed by atoms with E-state index in [1.165, 1.54) is 45.5 Å². The van der Waals surface area contributed by atoms with E-state index in [0.717, 1.165) is 21.8 Å². The van der Waals surface area contributed by atoms with Crippen LogP contribution in [0.3, 0.4) is 0 Å². The van der Waals surface area contributed by atoms with Gasteiger partial charge in [0.15, 0.2) is 0 Å². The highest BCUT2D eigenvalue weighted by atomic mass is 35.5. The molecule has 1 aliphatic carbocycles. The molecule has 2 N–H and O–H groups in total. The molecule has 5 rings (SSSR count). The Hall–Kier alpha value is -4.61. The summed E-state index contributed by atoms with van der Waals surface area (Å²) in [5, 5.41) is 5.79. The van der Waals surface area contributed by atoms with Gasteiger partial charge in [-0.3, -0.25) is 19.0 Å². The van der Waals surface area contributed by atoms with Crippen molar-refractivity contribution in [1.82, 2.24) is 14.5 Å². The van der Waals surface area contributed by atoms with Gasteiger partial charge in [-0.25, -0.2) is 13.6 Å². The number of carbonyl (C=O) groups excluding carboxylic acids is 2. The van der Waals surface area contributed by atoms with Gasteiger partial charge in [0, 0.05) is 61.9 Å². The van der Waals surface area contributed by atoms with Crippen molar-refractivity contribution in [1.29, 1.82) is 0 Å². The third-order valence-corrected chi connectivity index (χ3v) is 8.40. The van der Waals surface area contributed by atoms with Crippen LogP contribution in [0.15, 0.2) is 64.3 Å². The fourth-order valence-corrected chi connectivity index (χ4v) is 5.82. The molecule has 3 aromatic carbocycles. The standard InChI is InChI=1S/C33H31ClF2N4O5/c1-39-17-25(32(43)40(2)33(39)44)31(42)38-27-9-5-7-22(29(27)34)23-8-4-6-21(30(23)36)19-13-26(35)24(28(14-19)45-3)16-37-15-18-10-11-20(41)12-18/h4-9,13-14,17-18,37H,10-12,15-16H2,1-3H3,(H,38,42)/t18-/m1/s1. The predicted molar refractivity (Wildman–Crippen MR) is 168 cm³/mol. The molecule has 1 amide bonds. The van der Waals surface area contributed by atoms with E-state index in [2.05, 4.69) is 10.6 Å². The number of amides is 1. The molecule has 1 aliphatic rings. The summed E-state index contributed by atoms with van der Waals surface area (Å²) in [5.41, 5.74) is -0.535. The maximum atomic E-state index is 16.1. The summed E-state index contributed by atoms with van der Waals surface area (Å²) in [7, 11) is 4.09. The van der Waals surface area contributed by atoms with Gasteiger partial charge in [0.05, 0.1) is 17.8 Å². The molecule has 0 aliphatic heterocycles. The lowest BCUT2D eigenvalue weighted by atomic mass is 9.96. The maximum Gasteiger partial charge on any atom is 0.330 e. The zero-order chi connectivity index (χ0) is 32.4. The number of nitrogens with one attached hydrogen (secondary N) is 2. The SMILES string of the molecule is COc1cc(-c2cccc(-c3cccc(NC(=O)c4cn(C)c(=O)n(C)c4=O)c3Cl)c2F)cc(F)c1CNC[C@@H]1CCC(=O)C1. The first-order valence-electron chi connectivity index (χ1n) is 14.2. The Morgan fingerprint density at radius 1 is 1.04 bits per heavy atom. The van der Waals surface area contributed by atoms with Gasteiger partial charge in [-0.15, -0.1) is 0 Å². The number of hydrogen-bond donors (Lipinski definition) is 2. The molecule has 1 saturated carbocycles. The second kappa shape index (κ2) is 13.2. The zero-order valence-corrected chi connectivity index (χ0v) is 25.6. The number of hydrogen-bond acceptors (Lipinski definition) is 6. The van der Waals surface area contributed by atoms with E-state index in [1.54, 1.807) is 24.3 Å². The monoisotopic (exact) mass is 636 g/mol. The molecule has 0 radical (unpaired) electrons. The van der Waals surface area contributed by atoms with Crippen molar-refractivity contribution >= 4 is 29.0 Å². The van der Waals surface area contributed by atoms with Crippen molar-refractivity contribution in [2.24, 2.45) is 20.0 Å². The highest BCUT2D eigenvalue weighted by molar-refractivity contribution is 6.36. The van der Waals surface area contributed by atoms with Crippen molar-refractivity contribution in [3.63, 3.8) is 0 Å². The first-order valence-corrected chi connectivity index (χ1v) is 14.6. The average molecular weight is 637 g/mol. The summed E-state index contributed by atoms with van der Waals surface area (Å²) < 4.78 is 38.9. The Labute approximate surface area is 262 Å². The topological polar surface area (TPSA) is 111 Å². The molecule has 45 heavy (non-hydrogen) atoms. The fraction of sp³-hybridized carbons (Fsp3) is 0.273. The number of methoxy groups -OCH3 is 1. The van der Waals surface area contributed by atoms with Gasteiger partial charge in [0.2, 0.25) is 0 Å². The van der Waals surface area contributed by atoms with Crippen LogP contribution < -0.4 is 26.6 Å². The number of Topliss-reactive ketones (excluding diaryl/α,β-unsaturated/α-hetero) is 1. The second-order valence-corrected chi connectivity index (χ2v) is 11.4. The fourth-order valence-electron chi connectivity index (χ4n) is 5.54. The minimum Gasteiger partial charge on any atom is -0.496 e. The molecule has 0 bridgehead atoms. The summed E-state index contributed by atoms with van der Waals surface area (Å²) in [4.78, 5) is 49.1. The van der Waals surface area contributed by atoms with Gasteiger partial charge < -0.3 is 19.9 Å². The molecule has 9 nitrogen and oxygen atoms in total. The van der Waals surface area contributed by atoms with Crippen molar-refractivity contribution in [3.05, 3.63) is 103 Å². The van der Waals surface area contributed by atoms with Crippen molar-refractivity contribution < 1.29 is 23.1 Å². The molecule has 1 aromatic heterocycles. The van der Waals surface area contributed by atoms with Crippen molar-refractivity contribution in [2.75, 3.05) is 19.0 Å². The van der Waals surface area contributed by atoms with Gasteiger partial charge in [0.1, 0.15) is 28.7 Å². The molecule has 1 fully saturated rings. The summed E-state index contributed by atoms with van der Waals surface area (Å²) in [6.45, 7) is 0.761. The van der Waals surface area contributed by atoms with Crippen LogP contribution >= 0.6 is 11.6 Å². The number of aromatic nitrogens is 2. The number of ether oxygens (including phenoxy) is 1. The lowest BCUT2D eigenvalue weighted by molar-refractivity contribution is -0.117. The second-order valence-electron chi connectivity index (χ2n) is 11.0. The van der Waals surface area contributed by atoms with Crippen LogP contribution in [0.5, 0.6) is 5.75 Å². The minimum absolute atomic E-state index is 0.0118. The summed E-state index contributed by atoms with van der Waals surface area (Å²) >= 11 is 6.64. The van der Waals surface area contributed by atoms with E-state index in [4.69, 9.17) is 16.3 Å². The van der Waals surface area contributed by atoms with Gasteiger partial charge in [0.25, 0.3) is 11.5 Å². The van der Waals surface area contributed by atoms with Gasteiger partial charge in [-0.1, -0.05) is 41.9 Å². The number of halogens is 3. The summed E-state index contributed by atoms with van der Waals surface area (Å²) in [6.07, 6.45) is 3.04. The molecule has 0 spiro atoms. The Balaban J connectivity index is 1.42. The van der Waals surface area contributed by atoms with Crippen LogP contribution in [0, 0.1) is 17.6 Å². The Bertz CT molecular complexity index is 1940. The van der Waals surface area contributed by atoms with Crippen molar-refractivity contribution in [2.45, 2.75) is 25.8 Å². The molecular formula is C33H31ClF2N4O5. The highest BCUT2D eigenvalue weighted by Gasteiger charge is 2.23. The maximum absolute atomic E-state index is 16.1. The number of carbonyl (C=O) groups is 2. The summed E-state index contributed by atoms with van der Waals surface area (Å²) in [5.74, 6) is -1.33. The lowest BCUT2D eigenvalue weighted by Gasteiger charge is -2.16. The third kappa shape index (κ3) is 6.45. The van der Waals surface area contributed by atoms with Crippen molar-refractivity contribution in [3.8, 4) is 28.0 Å². The normalized spacial score (nSPS) is 14.5. The predicted octanol–water partition coefficient (Wildman–Crippen LogP) is 5.07. The number of benzene rings is 3.